The zero-order valence-corrected chi connectivity index (χ0v) is 16.2. The van der Waals surface area contributed by atoms with E-state index in [-0.39, 0.29) is 12.1 Å². The minimum atomic E-state index is -0.533. The Labute approximate surface area is 158 Å². The molecule has 2 N–H and O–H groups in total. The van der Waals surface area contributed by atoms with Gasteiger partial charge in [-0.3, -0.25) is 0 Å². The first-order chi connectivity index (χ1) is 12.7. The summed E-state index contributed by atoms with van der Waals surface area (Å²) in [5, 5.41) is 0. The van der Waals surface area contributed by atoms with Crippen molar-refractivity contribution in [1.82, 2.24) is 14.5 Å². The number of nitrogen functional groups attached to an aromatic ring is 1. The molecule has 0 radical (unpaired) electrons. The number of rotatable bonds is 2. The van der Waals surface area contributed by atoms with Gasteiger partial charge in [-0.05, 0) is 51.8 Å². The van der Waals surface area contributed by atoms with Gasteiger partial charge in [0.05, 0.1) is 29.7 Å². The third-order valence-corrected chi connectivity index (χ3v) is 4.55. The zero-order chi connectivity index (χ0) is 19.8. The number of ether oxygens (including phenoxy) is 2. The van der Waals surface area contributed by atoms with E-state index in [2.05, 4.69) is 4.98 Å². The highest BCUT2D eigenvalue weighted by Gasteiger charge is 2.30. The number of benzene rings is 1. The number of anilines is 1. The van der Waals surface area contributed by atoms with Gasteiger partial charge in [0.2, 0.25) is 5.95 Å². The maximum Gasteiger partial charge on any atom is 0.410 e. The van der Waals surface area contributed by atoms with Crippen LogP contribution in [0, 0.1) is 0 Å². The summed E-state index contributed by atoms with van der Waals surface area (Å²) >= 11 is 0. The Kier molecular flexibility index (Phi) is 4.99. The monoisotopic (exact) mass is 374 g/mol. The van der Waals surface area contributed by atoms with Crippen molar-refractivity contribution >= 4 is 29.0 Å². The van der Waals surface area contributed by atoms with Gasteiger partial charge in [-0.15, -0.1) is 0 Å². The second-order valence-electron chi connectivity index (χ2n) is 7.76. The summed E-state index contributed by atoms with van der Waals surface area (Å²) in [5.41, 5.74) is 7.52. The highest BCUT2D eigenvalue weighted by molar-refractivity contribution is 5.94. The number of nitrogens with two attached hydrogens (primary N) is 1. The first-order valence-electron chi connectivity index (χ1n) is 9.03. The molecule has 0 aliphatic carbocycles. The average molecular weight is 374 g/mol. The molecular formula is C19H26N4O4. The summed E-state index contributed by atoms with van der Waals surface area (Å²) in [7, 11) is 1.34. The lowest BCUT2D eigenvalue weighted by Gasteiger charge is -2.35. The van der Waals surface area contributed by atoms with E-state index in [1.165, 1.54) is 7.11 Å². The summed E-state index contributed by atoms with van der Waals surface area (Å²) in [5.74, 6) is -0.0538. The largest absolute Gasteiger partial charge is 0.465 e. The standard InChI is InChI=1S/C19H26N4O4/c1-19(2,3)27-18(25)22-9-5-6-13(11-22)23-15-8-7-12(16(24)26-4)10-14(15)21-17(23)20/h7-8,10,13H,5-6,9,11H2,1-4H3,(H2,20,21)/t13-/m1/s1. The fourth-order valence-electron chi connectivity index (χ4n) is 3.40. The van der Waals surface area contributed by atoms with E-state index in [1.54, 1.807) is 17.0 Å². The van der Waals surface area contributed by atoms with Crippen molar-refractivity contribution in [2.45, 2.75) is 45.3 Å². The van der Waals surface area contributed by atoms with Gasteiger partial charge < -0.3 is 24.7 Å². The van der Waals surface area contributed by atoms with E-state index in [0.29, 0.717) is 30.1 Å². The van der Waals surface area contributed by atoms with Crippen LogP contribution in [0.25, 0.3) is 11.0 Å². The lowest BCUT2D eigenvalue weighted by Crippen LogP contribution is -2.43. The number of fused-ring (bicyclic) bond motifs is 1. The van der Waals surface area contributed by atoms with Crippen LogP contribution in [0.3, 0.4) is 0 Å². The molecule has 8 heteroatoms. The number of piperidine rings is 1. The molecule has 27 heavy (non-hydrogen) atoms. The molecule has 1 saturated heterocycles. The van der Waals surface area contributed by atoms with E-state index in [0.717, 1.165) is 18.4 Å². The summed E-state index contributed by atoms with van der Waals surface area (Å²) in [6.07, 6.45) is 1.42. The molecule has 1 aliphatic rings. The van der Waals surface area contributed by atoms with Crippen LogP contribution >= 0.6 is 0 Å². The number of hydrogen-bond acceptors (Lipinski definition) is 6. The van der Waals surface area contributed by atoms with Crippen LogP contribution in [0.15, 0.2) is 18.2 Å². The summed E-state index contributed by atoms with van der Waals surface area (Å²) < 4.78 is 12.2. The summed E-state index contributed by atoms with van der Waals surface area (Å²) in [6, 6.07) is 5.18. The predicted octanol–water partition coefficient (Wildman–Crippen LogP) is 2.98. The molecule has 0 spiro atoms. The molecule has 0 bridgehead atoms. The molecule has 1 atom stereocenters. The SMILES string of the molecule is COC(=O)c1ccc2c(c1)nc(N)n2[C@@H]1CCCN(C(=O)OC(C)(C)C)C1. The number of imidazole rings is 1. The number of aromatic nitrogens is 2. The number of esters is 1. The van der Waals surface area contributed by atoms with Crippen molar-refractivity contribution < 1.29 is 19.1 Å². The van der Waals surface area contributed by atoms with Crippen LogP contribution in [0.4, 0.5) is 10.7 Å². The van der Waals surface area contributed by atoms with Gasteiger partial charge in [0, 0.05) is 13.1 Å². The first-order valence-corrected chi connectivity index (χ1v) is 9.03. The van der Waals surface area contributed by atoms with Crippen molar-refractivity contribution in [2.24, 2.45) is 0 Å². The van der Waals surface area contributed by atoms with Gasteiger partial charge in [0.25, 0.3) is 0 Å². The second kappa shape index (κ2) is 7.09. The molecule has 1 aliphatic heterocycles. The first kappa shape index (κ1) is 19.0. The minimum absolute atomic E-state index is 0.000227. The molecule has 8 nitrogen and oxygen atoms in total. The lowest BCUT2D eigenvalue weighted by molar-refractivity contribution is 0.0175. The van der Waals surface area contributed by atoms with Crippen molar-refractivity contribution in [3.63, 3.8) is 0 Å². The van der Waals surface area contributed by atoms with E-state index in [9.17, 15) is 9.59 Å². The predicted molar refractivity (Wildman–Crippen MR) is 102 cm³/mol. The third-order valence-electron chi connectivity index (χ3n) is 4.55. The van der Waals surface area contributed by atoms with Crippen LogP contribution in [-0.4, -0.2) is 52.3 Å². The molecule has 2 heterocycles. The number of carbonyl (C=O) groups excluding carboxylic acids is 2. The molecule has 1 aromatic heterocycles. The summed E-state index contributed by atoms with van der Waals surface area (Å²) in [6.45, 7) is 6.72. The lowest BCUT2D eigenvalue weighted by atomic mass is 10.1. The number of hydrogen-bond donors (Lipinski definition) is 1. The smallest absolute Gasteiger partial charge is 0.410 e. The molecule has 1 amide bonds. The fraction of sp³-hybridized carbons (Fsp3) is 0.526. The van der Waals surface area contributed by atoms with Crippen molar-refractivity contribution in [1.29, 1.82) is 0 Å². The van der Waals surface area contributed by atoms with Crippen LogP contribution in [0.1, 0.15) is 50.0 Å². The number of amides is 1. The van der Waals surface area contributed by atoms with Crippen LogP contribution in [0.5, 0.6) is 0 Å². The molecule has 0 saturated carbocycles. The Morgan fingerprint density at radius 3 is 2.70 bits per heavy atom. The molecular weight excluding hydrogens is 348 g/mol. The van der Waals surface area contributed by atoms with Crippen LogP contribution in [0.2, 0.25) is 0 Å². The van der Waals surface area contributed by atoms with Gasteiger partial charge in [0.1, 0.15) is 5.60 Å². The molecule has 1 aromatic carbocycles. The maximum absolute atomic E-state index is 12.4. The van der Waals surface area contributed by atoms with E-state index in [1.807, 2.05) is 31.4 Å². The Bertz CT molecular complexity index is 868. The third kappa shape index (κ3) is 3.99. The second-order valence-corrected chi connectivity index (χ2v) is 7.76. The number of methoxy groups -OCH3 is 1. The molecule has 0 unspecified atom stereocenters. The topological polar surface area (TPSA) is 99.7 Å². The van der Waals surface area contributed by atoms with Crippen molar-refractivity contribution in [3.05, 3.63) is 23.8 Å². The number of nitrogens with zero attached hydrogens (tertiary/aromatic N) is 3. The molecule has 2 aromatic rings. The highest BCUT2D eigenvalue weighted by Crippen LogP contribution is 2.30. The van der Waals surface area contributed by atoms with Gasteiger partial charge in [-0.1, -0.05) is 0 Å². The Morgan fingerprint density at radius 1 is 1.30 bits per heavy atom. The number of carbonyl (C=O) groups is 2. The normalized spacial score (nSPS) is 17.8. The Morgan fingerprint density at radius 2 is 2.04 bits per heavy atom. The number of likely N-dealkylation sites (tertiary alicyclic amines) is 1. The van der Waals surface area contributed by atoms with Crippen molar-refractivity contribution in [2.75, 3.05) is 25.9 Å². The summed E-state index contributed by atoms with van der Waals surface area (Å²) in [4.78, 5) is 30.3. The van der Waals surface area contributed by atoms with E-state index < -0.39 is 11.6 Å². The van der Waals surface area contributed by atoms with Crippen LogP contribution in [-0.2, 0) is 9.47 Å². The van der Waals surface area contributed by atoms with Crippen molar-refractivity contribution in [3.8, 4) is 0 Å². The van der Waals surface area contributed by atoms with Gasteiger partial charge in [0.15, 0.2) is 0 Å². The minimum Gasteiger partial charge on any atom is -0.465 e. The Hall–Kier alpha value is -2.77. The van der Waals surface area contributed by atoms with Gasteiger partial charge >= 0.3 is 12.1 Å². The molecule has 146 valence electrons. The van der Waals surface area contributed by atoms with Gasteiger partial charge in [-0.2, -0.15) is 0 Å². The molecule has 1 fully saturated rings. The van der Waals surface area contributed by atoms with E-state index in [4.69, 9.17) is 15.2 Å². The zero-order valence-electron chi connectivity index (χ0n) is 16.2. The quantitative estimate of drug-likeness (QED) is 0.811. The Balaban J connectivity index is 1.87. The molecule has 3 rings (SSSR count). The highest BCUT2D eigenvalue weighted by atomic mass is 16.6. The average Bonchev–Trinajstić information content (AvgIpc) is 2.94. The fourth-order valence-corrected chi connectivity index (χ4v) is 3.40. The van der Waals surface area contributed by atoms with Crippen LogP contribution < -0.4 is 5.73 Å². The maximum atomic E-state index is 12.4. The van der Waals surface area contributed by atoms with E-state index >= 15 is 0 Å². The van der Waals surface area contributed by atoms with Gasteiger partial charge in [-0.25, -0.2) is 14.6 Å².